The summed E-state index contributed by atoms with van der Waals surface area (Å²) in [6, 6.07) is 3.33. The normalized spacial score (nSPS) is 12.0. The molecule has 0 spiro atoms. The maximum Gasteiger partial charge on any atom is 0.450 e. The highest BCUT2D eigenvalue weighted by Crippen LogP contribution is 2.20. The zero-order valence-electron chi connectivity index (χ0n) is 8.82. The molecule has 0 amide bonds. The predicted octanol–water partition coefficient (Wildman–Crippen LogP) is 1.64. The number of nitrogens with zero attached hydrogens (tertiary/aromatic N) is 3. The summed E-state index contributed by atoms with van der Waals surface area (Å²) in [4.78, 5) is 18.7. The van der Waals surface area contributed by atoms with E-state index in [9.17, 15) is 18.0 Å². The number of fused-ring (bicyclic) bond motifs is 1. The fourth-order valence-electron chi connectivity index (χ4n) is 1.47. The molecule has 2 rings (SSSR count). The number of rotatable bonds is 2. The van der Waals surface area contributed by atoms with Crippen LogP contribution in [0.1, 0.15) is 5.82 Å². The maximum atomic E-state index is 12.1. The summed E-state index contributed by atoms with van der Waals surface area (Å²) in [5, 5.41) is 0. The molecule has 0 atom stereocenters. The van der Waals surface area contributed by atoms with E-state index < -0.39 is 18.4 Å². The summed E-state index contributed by atoms with van der Waals surface area (Å²) in [5.41, 5.74) is 0.928. The van der Waals surface area contributed by atoms with Crippen molar-refractivity contribution in [1.29, 1.82) is 0 Å². The number of pyridine rings is 1. The van der Waals surface area contributed by atoms with Gasteiger partial charge >= 0.3 is 6.18 Å². The molecule has 0 aliphatic heterocycles. The summed E-state index contributed by atoms with van der Waals surface area (Å²) >= 11 is 0. The van der Waals surface area contributed by atoms with E-state index in [2.05, 4.69) is 9.97 Å². The van der Waals surface area contributed by atoms with E-state index >= 15 is 0 Å². The first-order chi connectivity index (χ1) is 7.89. The van der Waals surface area contributed by atoms with Crippen molar-refractivity contribution in [2.75, 3.05) is 0 Å². The number of imidazole rings is 1. The molecule has 0 fully saturated rings. The zero-order valence-corrected chi connectivity index (χ0v) is 8.82. The molecule has 0 unspecified atom stereocenters. The number of carbonyl (C=O) groups is 1. The van der Waals surface area contributed by atoms with Gasteiger partial charge in [0.05, 0.1) is 11.9 Å². The van der Waals surface area contributed by atoms with Crippen LogP contribution in [-0.2, 0) is 18.3 Å². The number of hydrogen-bond acceptors (Lipinski definition) is 3. The average molecular weight is 243 g/mol. The Labute approximate surface area is 94.1 Å². The van der Waals surface area contributed by atoms with Crippen molar-refractivity contribution < 1.29 is 18.0 Å². The van der Waals surface area contributed by atoms with Gasteiger partial charge in [-0.3, -0.25) is 4.79 Å². The van der Waals surface area contributed by atoms with Gasteiger partial charge in [-0.25, -0.2) is 9.97 Å². The topological polar surface area (TPSA) is 47.8 Å². The summed E-state index contributed by atoms with van der Waals surface area (Å²) in [6.07, 6.45) is -4.10. The van der Waals surface area contributed by atoms with Gasteiger partial charge in [0.15, 0.2) is 5.65 Å². The third-order valence-corrected chi connectivity index (χ3v) is 2.38. The number of aromatic nitrogens is 3. The van der Waals surface area contributed by atoms with Crippen molar-refractivity contribution in [3.63, 3.8) is 0 Å². The number of hydrogen-bond donors (Lipinski definition) is 0. The molecule has 4 nitrogen and oxygen atoms in total. The molecule has 0 saturated heterocycles. The summed E-state index contributed by atoms with van der Waals surface area (Å²) in [7, 11) is 1.55. The van der Waals surface area contributed by atoms with Gasteiger partial charge < -0.3 is 4.57 Å². The fraction of sp³-hybridized carbons (Fsp3) is 0.300. The Hall–Kier alpha value is -1.92. The Morgan fingerprint density at radius 3 is 2.76 bits per heavy atom. The van der Waals surface area contributed by atoms with Crippen LogP contribution in [0.3, 0.4) is 0 Å². The molecule has 0 bridgehead atoms. The van der Waals surface area contributed by atoms with Gasteiger partial charge in [-0.1, -0.05) is 0 Å². The molecular weight excluding hydrogens is 235 g/mol. The molecule has 0 N–H and O–H groups in total. The largest absolute Gasteiger partial charge is 0.450 e. The van der Waals surface area contributed by atoms with Gasteiger partial charge in [-0.15, -0.1) is 0 Å². The minimum atomic E-state index is -4.83. The van der Waals surface area contributed by atoms with Crippen molar-refractivity contribution in [3.8, 4) is 0 Å². The lowest BCUT2D eigenvalue weighted by molar-refractivity contribution is -0.170. The van der Waals surface area contributed by atoms with Crippen molar-refractivity contribution in [3.05, 3.63) is 24.2 Å². The predicted molar refractivity (Wildman–Crippen MR) is 53.3 cm³/mol. The highest BCUT2D eigenvalue weighted by molar-refractivity contribution is 5.86. The molecule has 2 heterocycles. The van der Waals surface area contributed by atoms with Gasteiger partial charge in [0.2, 0.25) is 5.78 Å². The van der Waals surface area contributed by atoms with E-state index in [1.54, 1.807) is 19.2 Å². The minimum Gasteiger partial charge on any atom is -0.329 e. The van der Waals surface area contributed by atoms with Gasteiger partial charge in [-0.2, -0.15) is 13.2 Å². The van der Waals surface area contributed by atoms with E-state index in [1.165, 1.54) is 10.8 Å². The zero-order chi connectivity index (χ0) is 12.6. The van der Waals surface area contributed by atoms with E-state index in [-0.39, 0.29) is 5.82 Å². The lowest BCUT2D eigenvalue weighted by Gasteiger charge is -2.04. The minimum absolute atomic E-state index is 0.0565. The van der Waals surface area contributed by atoms with Crippen molar-refractivity contribution in [2.45, 2.75) is 12.6 Å². The second-order valence-corrected chi connectivity index (χ2v) is 3.53. The molecule has 17 heavy (non-hydrogen) atoms. The first-order valence-electron chi connectivity index (χ1n) is 4.76. The van der Waals surface area contributed by atoms with Crippen LogP contribution in [0.2, 0.25) is 0 Å². The molecule has 90 valence electrons. The second kappa shape index (κ2) is 3.83. The lowest BCUT2D eigenvalue weighted by atomic mass is 10.2. The molecule has 0 saturated carbocycles. The number of ketones is 1. The molecule has 2 aromatic rings. The van der Waals surface area contributed by atoms with Crippen LogP contribution in [0.25, 0.3) is 11.2 Å². The van der Waals surface area contributed by atoms with Crippen LogP contribution in [0.15, 0.2) is 18.3 Å². The first kappa shape index (κ1) is 11.6. The van der Waals surface area contributed by atoms with Crippen LogP contribution in [-0.4, -0.2) is 26.5 Å². The van der Waals surface area contributed by atoms with Crippen LogP contribution in [0, 0.1) is 0 Å². The Bertz CT molecular complexity index is 574. The third-order valence-electron chi connectivity index (χ3n) is 2.38. The Kier molecular flexibility index (Phi) is 2.60. The molecular formula is C10H8F3N3O. The van der Waals surface area contributed by atoms with Crippen molar-refractivity contribution in [1.82, 2.24) is 14.5 Å². The van der Waals surface area contributed by atoms with E-state index in [4.69, 9.17) is 0 Å². The Morgan fingerprint density at radius 2 is 2.18 bits per heavy atom. The van der Waals surface area contributed by atoms with Crippen LogP contribution in [0.5, 0.6) is 0 Å². The number of Topliss-reactive ketones (excluding diaryl/α,β-unsaturated/α-hetero) is 1. The number of alkyl halides is 3. The van der Waals surface area contributed by atoms with Gasteiger partial charge in [-0.05, 0) is 12.1 Å². The van der Waals surface area contributed by atoms with Gasteiger partial charge in [0.25, 0.3) is 0 Å². The van der Waals surface area contributed by atoms with E-state index in [0.29, 0.717) is 11.2 Å². The van der Waals surface area contributed by atoms with E-state index in [1.807, 2.05) is 0 Å². The summed E-state index contributed by atoms with van der Waals surface area (Å²) in [5.74, 6) is -1.75. The maximum absolute atomic E-state index is 12.1. The van der Waals surface area contributed by atoms with Gasteiger partial charge in [0.1, 0.15) is 5.82 Å². The monoisotopic (exact) mass is 243 g/mol. The molecule has 2 aromatic heterocycles. The highest BCUT2D eigenvalue weighted by atomic mass is 19.4. The molecule has 0 radical (unpaired) electrons. The van der Waals surface area contributed by atoms with E-state index in [0.717, 1.165) is 0 Å². The number of aryl methyl sites for hydroxylation is 1. The molecule has 7 heteroatoms. The molecule has 0 aliphatic rings. The first-order valence-corrected chi connectivity index (χ1v) is 4.76. The second-order valence-electron chi connectivity index (χ2n) is 3.53. The smallest absolute Gasteiger partial charge is 0.329 e. The van der Waals surface area contributed by atoms with Crippen molar-refractivity contribution in [2.24, 2.45) is 7.05 Å². The quantitative estimate of drug-likeness (QED) is 0.805. The molecule has 0 aliphatic carbocycles. The Morgan fingerprint density at radius 1 is 1.47 bits per heavy atom. The Balaban J connectivity index is 2.37. The van der Waals surface area contributed by atoms with Crippen LogP contribution >= 0.6 is 0 Å². The lowest BCUT2D eigenvalue weighted by Crippen LogP contribution is -2.25. The van der Waals surface area contributed by atoms with Gasteiger partial charge in [0, 0.05) is 13.2 Å². The number of carbonyl (C=O) groups excluding carboxylic acids is 1. The fourth-order valence-corrected chi connectivity index (χ4v) is 1.47. The number of halogens is 3. The SMILES string of the molecule is Cn1c(CC(=O)C(F)(F)F)nc2ncccc21. The van der Waals surface area contributed by atoms with Crippen molar-refractivity contribution >= 4 is 16.9 Å². The molecule has 0 aromatic carbocycles. The van der Waals surface area contributed by atoms with Crippen LogP contribution < -0.4 is 0 Å². The van der Waals surface area contributed by atoms with Crippen LogP contribution in [0.4, 0.5) is 13.2 Å². The average Bonchev–Trinajstić information content (AvgIpc) is 2.55. The summed E-state index contributed by atoms with van der Waals surface area (Å²) < 4.78 is 37.8. The summed E-state index contributed by atoms with van der Waals surface area (Å²) in [6.45, 7) is 0. The third kappa shape index (κ3) is 2.13. The standard InChI is InChI=1S/C10H8F3N3O/c1-16-6-3-2-4-14-9(6)15-8(16)5-7(17)10(11,12)13/h2-4H,5H2,1H3. The highest BCUT2D eigenvalue weighted by Gasteiger charge is 2.38.